The smallest absolute Gasteiger partial charge is 0.240 e. The van der Waals surface area contributed by atoms with E-state index in [9.17, 15) is 9.59 Å². The van der Waals surface area contributed by atoms with E-state index in [2.05, 4.69) is 15.0 Å². The van der Waals surface area contributed by atoms with Gasteiger partial charge in [0.1, 0.15) is 11.5 Å². The molecule has 3 heterocycles. The number of carbonyl (C=O) groups is 2. The van der Waals surface area contributed by atoms with Gasteiger partial charge in [-0.2, -0.15) is 0 Å². The fourth-order valence-corrected chi connectivity index (χ4v) is 3.26. The number of amides is 1. The maximum atomic E-state index is 12.8. The summed E-state index contributed by atoms with van der Waals surface area (Å²) in [4.78, 5) is 39.6. The molecule has 0 aromatic carbocycles. The van der Waals surface area contributed by atoms with E-state index in [1.54, 1.807) is 0 Å². The quantitative estimate of drug-likeness (QED) is 0.559. The third-order valence-corrected chi connectivity index (χ3v) is 4.86. The molecule has 1 aliphatic heterocycles. The first-order valence-corrected chi connectivity index (χ1v) is 9.04. The third-order valence-electron chi connectivity index (χ3n) is 4.18. The lowest BCUT2D eigenvalue weighted by molar-refractivity contribution is -0.117. The number of aromatic nitrogens is 3. The maximum Gasteiger partial charge on any atom is 0.240 e. The van der Waals surface area contributed by atoms with Crippen molar-refractivity contribution in [1.82, 2.24) is 15.0 Å². The number of hydrogen-bond donors (Lipinski definition) is 0. The van der Waals surface area contributed by atoms with Crippen LogP contribution in [0.2, 0.25) is 10.2 Å². The standard InChI is InChI=1S/C18H18Cl2N4O2/c1-8(2)14-16(15(9(3)4)22-7-21-14)24-13(26)6-12(25)10-5-11(19)17(20)23-18(10)24/h5,7-9H,6H2,1-4H3. The summed E-state index contributed by atoms with van der Waals surface area (Å²) < 4.78 is 0. The minimum absolute atomic E-state index is 0.0342. The Morgan fingerprint density at radius 3 is 2.15 bits per heavy atom. The van der Waals surface area contributed by atoms with Gasteiger partial charge in [0.2, 0.25) is 5.91 Å². The van der Waals surface area contributed by atoms with E-state index in [0.717, 1.165) is 0 Å². The molecule has 0 saturated heterocycles. The Kier molecular flexibility index (Phi) is 4.99. The van der Waals surface area contributed by atoms with Crippen molar-refractivity contribution in [3.63, 3.8) is 0 Å². The van der Waals surface area contributed by atoms with Crippen LogP contribution in [0.5, 0.6) is 0 Å². The summed E-state index contributed by atoms with van der Waals surface area (Å²) in [5.74, 6) is -0.447. The van der Waals surface area contributed by atoms with Gasteiger partial charge in [-0.25, -0.2) is 15.0 Å². The van der Waals surface area contributed by atoms with Crippen molar-refractivity contribution in [2.24, 2.45) is 0 Å². The fraction of sp³-hybridized carbons (Fsp3) is 0.389. The number of anilines is 2. The van der Waals surface area contributed by atoms with E-state index in [-0.39, 0.29) is 51.5 Å². The van der Waals surface area contributed by atoms with Gasteiger partial charge >= 0.3 is 0 Å². The minimum atomic E-state index is -0.382. The highest BCUT2D eigenvalue weighted by molar-refractivity contribution is 6.42. The first-order valence-electron chi connectivity index (χ1n) is 8.29. The molecule has 136 valence electrons. The number of ketones is 1. The monoisotopic (exact) mass is 392 g/mol. The van der Waals surface area contributed by atoms with E-state index in [0.29, 0.717) is 17.1 Å². The number of Topliss-reactive ketones (excluding diaryl/α,β-unsaturated/α-hetero) is 1. The highest BCUT2D eigenvalue weighted by Gasteiger charge is 2.37. The molecule has 3 rings (SSSR count). The lowest BCUT2D eigenvalue weighted by Gasteiger charge is -2.31. The largest absolute Gasteiger partial charge is 0.293 e. The van der Waals surface area contributed by atoms with Crippen LogP contribution in [0.3, 0.4) is 0 Å². The van der Waals surface area contributed by atoms with Crippen molar-refractivity contribution in [2.45, 2.75) is 46.0 Å². The van der Waals surface area contributed by atoms with Crippen LogP contribution in [0.1, 0.15) is 67.7 Å². The molecule has 1 amide bonds. The minimum Gasteiger partial charge on any atom is -0.293 e. The van der Waals surface area contributed by atoms with Gasteiger partial charge in [-0.3, -0.25) is 14.5 Å². The zero-order chi connectivity index (χ0) is 19.2. The highest BCUT2D eigenvalue weighted by atomic mass is 35.5. The summed E-state index contributed by atoms with van der Waals surface area (Å²) in [5.41, 5.74) is 2.27. The second kappa shape index (κ2) is 6.93. The van der Waals surface area contributed by atoms with Crippen LogP contribution in [0.4, 0.5) is 11.5 Å². The number of nitrogens with zero attached hydrogens (tertiary/aromatic N) is 4. The second-order valence-electron chi connectivity index (χ2n) is 6.76. The van der Waals surface area contributed by atoms with Crippen molar-refractivity contribution < 1.29 is 9.59 Å². The molecule has 0 N–H and O–H groups in total. The molecule has 0 unspecified atom stereocenters. The number of carbonyl (C=O) groups excluding carboxylic acids is 2. The Hall–Kier alpha value is -2.05. The molecule has 6 nitrogen and oxygen atoms in total. The number of fused-ring (bicyclic) bond motifs is 1. The molecular weight excluding hydrogens is 375 g/mol. The number of pyridine rings is 1. The predicted molar refractivity (Wildman–Crippen MR) is 101 cm³/mol. The molecule has 0 spiro atoms. The molecule has 0 radical (unpaired) electrons. The molecular formula is C18H18Cl2N4O2. The zero-order valence-electron chi connectivity index (χ0n) is 14.9. The molecule has 2 aromatic rings. The van der Waals surface area contributed by atoms with Gasteiger partial charge in [0.25, 0.3) is 0 Å². The van der Waals surface area contributed by atoms with Crippen LogP contribution in [0.15, 0.2) is 12.4 Å². The SMILES string of the molecule is CC(C)c1ncnc(C(C)C)c1N1C(=O)CC(=O)c2cc(Cl)c(Cl)nc21. The summed E-state index contributed by atoms with van der Waals surface area (Å²) in [5, 5.41) is 0.206. The second-order valence-corrected chi connectivity index (χ2v) is 7.53. The lowest BCUT2D eigenvalue weighted by atomic mass is 9.97. The van der Waals surface area contributed by atoms with Gasteiger partial charge < -0.3 is 0 Å². The molecule has 0 bridgehead atoms. The summed E-state index contributed by atoms with van der Waals surface area (Å²) in [6, 6.07) is 1.46. The van der Waals surface area contributed by atoms with E-state index in [1.807, 2.05) is 27.7 Å². The summed E-state index contributed by atoms with van der Waals surface area (Å²) in [7, 11) is 0. The third kappa shape index (κ3) is 3.08. The Balaban J connectivity index is 2.35. The molecule has 8 heteroatoms. The van der Waals surface area contributed by atoms with E-state index in [1.165, 1.54) is 17.3 Å². The van der Waals surface area contributed by atoms with Gasteiger partial charge in [-0.05, 0) is 17.9 Å². The van der Waals surface area contributed by atoms with E-state index >= 15 is 0 Å². The summed E-state index contributed by atoms with van der Waals surface area (Å²) in [6.45, 7) is 7.94. The van der Waals surface area contributed by atoms with Crippen molar-refractivity contribution in [1.29, 1.82) is 0 Å². The van der Waals surface area contributed by atoms with Gasteiger partial charge in [0.15, 0.2) is 11.6 Å². The molecule has 0 aliphatic carbocycles. The van der Waals surface area contributed by atoms with E-state index < -0.39 is 0 Å². The van der Waals surface area contributed by atoms with Crippen molar-refractivity contribution in [2.75, 3.05) is 4.90 Å². The normalized spacial score (nSPS) is 14.4. The molecule has 1 aliphatic rings. The number of rotatable bonds is 3. The van der Waals surface area contributed by atoms with Gasteiger partial charge in [-0.1, -0.05) is 50.9 Å². The van der Waals surface area contributed by atoms with Crippen LogP contribution in [0.25, 0.3) is 0 Å². The Morgan fingerprint density at radius 1 is 1.04 bits per heavy atom. The lowest BCUT2D eigenvalue weighted by Crippen LogP contribution is -2.36. The molecule has 0 saturated carbocycles. The van der Waals surface area contributed by atoms with Gasteiger partial charge in [-0.15, -0.1) is 0 Å². The van der Waals surface area contributed by atoms with Gasteiger partial charge in [0, 0.05) is 0 Å². The first kappa shape index (κ1) is 18.7. The summed E-state index contributed by atoms with van der Waals surface area (Å²) >= 11 is 12.1. The Morgan fingerprint density at radius 2 is 1.62 bits per heavy atom. The van der Waals surface area contributed by atoms with E-state index in [4.69, 9.17) is 23.2 Å². The average molecular weight is 393 g/mol. The van der Waals surface area contributed by atoms with Crippen LogP contribution >= 0.6 is 23.2 Å². The Labute approximate surface area is 161 Å². The number of hydrogen-bond acceptors (Lipinski definition) is 5. The predicted octanol–water partition coefficient (Wildman–Crippen LogP) is 4.68. The van der Waals surface area contributed by atoms with Crippen LogP contribution in [0, 0.1) is 0 Å². The highest BCUT2D eigenvalue weighted by Crippen LogP contribution is 2.41. The van der Waals surface area contributed by atoms with Crippen LogP contribution in [-0.4, -0.2) is 26.6 Å². The van der Waals surface area contributed by atoms with Gasteiger partial charge in [0.05, 0.1) is 34.1 Å². The Bertz CT molecular complexity index is 886. The fourth-order valence-electron chi connectivity index (χ4n) is 2.97. The topological polar surface area (TPSA) is 76.1 Å². The molecule has 2 aromatic heterocycles. The maximum absolute atomic E-state index is 12.8. The number of halogens is 2. The van der Waals surface area contributed by atoms with Crippen molar-refractivity contribution in [3.05, 3.63) is 39.5 Å². The average Bonchev–Trinajstić information content (AvgIpc) is 2.56. The summed E-state index contributed by atoms with van der Waals surface area (Å²) in [6.07, 6.45) is 1.23. The zero-order valence-corrected chi connectivity index (χ0v) is 16.4. The van der Waals surface area contributed by atoms with Crippen molar-refractivity contribution in [3.8, 4) is 0 Å². The molecule has 26 heavy (non-hydrogen) atoms. The first-order chi connectivity index (χ1) is 12.2. The van der Waals surface area contributed by atoms with Crippen molar-refractivity contribution >= 4 is 46.4 Å². The molecule has 0 fully saturated rings. The molecule has 0 atom stereocenters. The van der Waals surface area contributed by atoms with Crippen LogP contribution in [-0.2, 0) is 4.79 Å². The van der Waals surface area contributed by atoms with Crippen LogP contribution < -0.4 is 4.90 Å².